The van der Waals surface area contributed by atoms with Gasteiger partial charge in [0.15, 0.2) is 11.5 Å². The van der Waals surface area contributed by atoms with Crippen LogP contribution in [0, 0.1) is 0 Å². The van der Waals surface area contributed by atoms with Crippen LogP contribution in [0.3, 0.4) is 0 Å². The molecule has 0 bridgehead atoms. The van der Waals surface area contributed by atoms with E-state index >= 15 is 0 Å². The Bertz CT molecular complexity index is 714. The molecule has 2 aromatic rings. The van der Waals surface area contributed by atoms with Crippen molar-refractivity contribution in [1.29, 1.82) is 0 Å². The first kappa shape index (κ1) is 14.7. The van der Waals surface area contributed by atoms with Gasteiger partial charge in [0.05, 0.1) is 29.8 Å². The third-order valence-electron chi connectivity index (χ3n) is 2.49. The molecule has 20 heavy (non-hydrogen) atoms. The van der Waals surface area contributed by atoms with Crippen LogP contribution < -0.4 is 14.2 Å². The summed E-state index contributed by atoms with van der Waals surface area (Å²) < 4.78 is 37.5. The van der Waals surface area contributed by atoms with Gasteiger partial charge in [-0.3, -0.25) is 9.82 Å². The maximum absolute atomic E-state index is 12.2. The van der Waals surface area contributed by atoms with Crippen LogP contribution in [0.15, 0.2) is 33.8 Å². The second-order valence-corrected chi connectivity index (χ2v) is 6.25. The van der Waals surface area contributed by atoms with Gasteiger partial charge in [0.2, 0.25) is 0 Å². The highest BCUT2D eigenvalue weighted by Crippen LogP contribution is 2.30. The van der Waals surface area contributed by atoms with Gasteiger partial charge in [0.25, 0.3) is 10.0 Å². The van der Waals surface area contributed by atoms with Crippen molar-refractivity contribution in [1.82, 2.24) is 10.2 Å². The van der Waals surface area contributed by atoms with Crippen molar-refractivity contribution in [3.63, 3.8) is 0 Å². The number of benzene rings is 1. The monoisotopic (exact) mass is 361 g/mol. The third-order valence-corrected chi connectivity index (χ3v) is 4.44. The van der Waals surface area contributed by atoms with Crippen molar-refractivity contribution in [2.45, 2.75) is 4.90 Å². The van der Waals surface area contributed by atoms with E-state index in [0.717, 1.165) is 0 Å². The first-order valence-corrected chi connectivity index (χ1v) is 7.69. The lowest BCUT2D eigenvalue weighted by Gasteiger charge is -2.11. The molecule has 0 amide bonds. The van der Waals surface area contributed by atoms with E-state index in [-0.39, 0.29) is 10.7 Å². The maximum atomic E-state index is 12.2. The fourth-order valence-corrected chi connectivity index (χ4v) is 2.99. The Kier molecular flexibility index (Phi) is 4.19. The first-order chi connectivity index (χ1) is 9.47. The minimum absolute atomic E-state index is 0.0525. The van der Waals surface area contributed by atoms with Gasteiger partial charge in [-0.15, -0.1) is 0 Å². The van der Waals surface area contributed by atoms with Gasteiger partial charge in [0, 0.05) is 6.07 Å². The summed E-state index contributed by atoms with van der Waals surface area (Å²) in [6, 6.07) is 4.33. The summed E-state index contributed by atoms with van der Waals surface area (Å²) in [6.45, 7) is 0. The van der Waals surface area contributed by atoms with Crippen molar-refractivity contribution in [3.05, 3.63) is 28.9 Å². The molecule has 1 aromatic carbocycles. The zero-order valence-electron chi connectivity index (χ0n) is 10.7. The van der Waals surface area contributed by atoms with E-state index < -0.39 is 10.0 Å². The molecule has 0 fully saturated rings. The second kappa shape index (κ2) is 5.71. The topological polar surface area (TPSA) is 93.3 Å². The lowest BCUT2D eigenvalue weighted by atomic mass is 10.3. The molecule has 9 heteroatoms. The molecule has 0 atom stereocenters. The Morgan fingerprint density at radius 3 is 2.50 bits per heavy atom. The van der Waals surface area contributed by atoms with Crippen LogP contribution in [-0.2, 0) is 10.0 Å². The van der Waals surface area contributed by atoms with Crippen molar-refractivity contribution in [2.75, 3.05) is 18.9 Å². The number of halogens is 1. The summed E-state index contributed by atoms with van der Waals surface area (Å²) >= 11 is 3.18. The number of nitrogens with one attached hydrogen (secondary N) is 2. The average molecular weight is 362 g/mol. The van der Waals surface area contributed by atoms with Crippen LogP contribution >= 0.6 is 15.9 Å². The minimum atomic E-state index is -3.75. The molecule has 0 aliphatic rings. The van der Waals surface area contributed by atoms with Gasteiger partial charge in [-0.25, -0.2) is 8.42 Å². The van der Waals surface area contributed by atoms with E-state index in [9.17, 15) is 8.42 Å². The summed E-state index contributed by atoms with van der Waals surface area (Å²) in [5.41, 5.74) is 0. The fourth-order valence-electron chi connectivity index (χ4n) is 1.52. The van der Waals surface area contributed by atoms with Gasteiger partial charge in [-0.2, -0.15) is 5.10 Å². The van der Waals surface area contributed by atoms with Gasteiger partial charge in [0.1, 0.15) is 5.82 Å². The van der Waals surface area contributed by atoms with E-state index in [4.69, 9.17) is 9.47 Å². The van der Waals surface area contributed by atoms with E-state index in [2.05, 4.69) is 30.8 Å². The number of aromatic amines is 1. The number of rotatable bonds is 5. The minimum Gasteiger partial charge on any atom is -0.493 e. The summed E-state index contributed by atoms with van der Waals surface area (Å²) in [5, 5.41) is 6.26. The van der Waals surface area contributed by atoms with Gasteiger partial charge < -0.3 is 9.47 Å². The van der Waals surface area contributed by atoms with Crippen LogP contribution in [-0.4, -0.2) is 32.8 Å². The third kappa shape index (κ3) is 2.88. The van der Waals surface area contributed by atoms with Crippen LogP contribution in [0.5, 0.6) is 11.5 Å². The quantitative estimate of drug-likeness (QED) is 0.849. The van der Waals surface area contributed by atoms with Crippen LogP contribution in [0.4, 0.5) is 5.82 Å². The molecule has 7 nitrogen and oxygen atoms in total. The highest BCUT2D eigenvalue weighted by Gasteiger charge is 2.19. The second-order valence-electron chi connectivity index (χ2n) is 3.72. The van der Waals surface area contributed by atoms with E-state index in [0.29, 0.717) is 16.0 Å². The van der Waals surface area contributed by atoms with Crippen LogP contribution in [0.25, 0.3) is 0 Å². The number of hydrogen-bond acceptors (Lipinski definition) is 5. The normalized spacial score (nSPS) is 11.2. The number of H-pyrrole nitrogens is 1. The number of methoxy groups -OCH3 is 2. The molecule has 0 aliphatic heterocycles. The Balaban J connectivity index is 2.37. The lowest BCUT2D eigenvalue weighted by molar-refractivity contribution is 0.354. The molecule has 0 aliphatic carbocycles. The summed E-state index contributed by atoms with van der Waals surface area (Å²) in [7, 11) is -0.834. The van der Waals surface area contributed by atoms with Crippen molar-refractivity contribution in [3.8, 4) is 11.5 Å². The van der Waals surface area contributed by atoms with Crippen molar-refractivity contribution in [2.24, 2.45) is 0 Å². The highest BCUT2D eigenvalue weighted by atomic mass is 79.9. The molecular weight excluding hydrogens is 350 g/mol. The fraction of sp³-hybridized carbons (Fsp3) is 0.182. The number of aromatic nitrogens is 2. The van der Waals surface area contributed by atoms with Crippen molar-refractivity contribution >= 4 is 31.8 Å². The molecule has 0 saturated carbocycles. The highest BCUT2D eigenvalue weighted by molar-refractivity contribution is 9.10. The van der Waals surface area contributed by atoms with Crippen LogP contribution in [0.1, 0.15) is 0 Å². The zero-order valence-corrected chi connectivity index (χ0v) is 13.1. The number of anilines is 1. The Hall–Kier alpha value is -1.74. The smallest absolute Gasteiger partial charge is 0.263 e. The molecule has 0 radical (unpaired) electrons. The van der Waals surface area contributed by atoms with Crippen molar-refractivity contribution < 1.29 is 17.9 Å². The molecule has 1 aromatic heterocycles. The molecule has 1 heterocycles. The maximum Gasteiger partial charge on any atom is 0.263 e. The summed E-state index contributed by atoms with van der Waals surface area (Å²) in [4.78, 5) is 0.0525. The number of hydrogen-bond donors (Lipinski definition) is 2. The van der Waals surface area contributed by atoms with E-state index in [1.165, 1.54) is 38.6 Å². The average Bonchev–Trinajstić information content (AvgIpc) is 2.82. The lowest BCUT2D eigenvalue weighted by Crippen LogP contribution is -2.13. The van der Waals surface area contributed by atoms with E-state index in [1.807, 2.05) is 0 Å². The number of sulfonamides is 1. The van der Waals surface area contributed by atoms with Gasteiger partial charge >= 0.3 is 0 Å². The molecule has 0 unspecified atom stereocenters. The predicted molar refractivity (Wildman–Crippen MR) is 76.6 cm³/mol. The molecule has 0 saturated heterocycles. The Labute approximate surface area is 124 Å². The largest absolute Gasteiger partial charge is 0.493 e. The first-order valence-electron chi connectivity index (χ1n) is 5.41. The SMILES string of the molecule is COc1ccc(S(=O)(=O)Nc2[nH]ncc2Br)cc1OC. The Morgan fingerprint density at radius 2 is 1.95 bits per heavy atom. The number of ether oxygens (including phenoxy) is 2. The van der Waals surface area contributed by atoms with Gasteiger partial charge in [-0.1, -0.05) is 0 Å². The van der Waals surface area contributed by atoms with Crippen LogP contribution in [0.2, 0.25) is 0 Å². The Morgan fingerprint density at radius 1 is 1.25 bits per heavy atom. The standard InChI is InChI=1S/C11H12BrN3O4S/c1-18-9-4-3-7(5-10(9)19-2)20(16,17)15-11-8(12)6-13-14-11/h3-6H,1-2H3,(H2,13,14,15). The molecule has 2 rings (SSSR count). The van der Waals surface area contributed by atoms with Gasteiger partial charge in [-0.05, 0) is 28.1 Å². The zero-order chi connectivity index (χ0) is 14.8. The van der Waals surface area contributed by atoms with E-state index in [1.54, 1.807) is 0 Å². The molecule has 0 spiro atoms. The molecule has 108 valence electrons. The number of nitrogens with zero attached hydrogens (tertiary/aromatic N) is 1. The molecular formula is C11H12BrN3O4S. The predicted octanol–water partition coefficient (Wildman–Crippen LogP) is 1.99. The summed E-state index contributed by atoms with van der Waals surface area (Å²) in [6.07, 6.45) is 1.45. The summed E-state index contributed by atoms with van der Waals surface area (Å²) in [5.74, 6) is 1.04. The molecule has 2 N–H and O–H groups in total.